The summed E-state index contributed by atoms with van der Waals surface area (Å²) >= 11 is 0. The van der Waals surface area contributed by atoms with Gasteiger partial charge in [-0.2, -0.15) is 0 Å². The number of rotatable bonds is 3. The number of aryl methyl sites for hydroxylation is 1. The average Bonchev–Trinajstić information content (AvgIpc) is 2.66. The first-order chi connectivity index (χ1) is 8.35. The highest BCUT2D eigenvalue weighted by atomic mass is 15.0. The van der Waals surface area contributed by atoms with Crippen LogP contribution in [0.3, 0.4) is 0 Å². The molecule has 18 heavy (non-hydrogen) atoms. The van der Waals surface area contributed by atoms with Crippen molar-refractivity contribution >= 4 is 0 Å². The van der Waals surface area contributed by atoms with Gasteiger partial charge in [-0.25, -0.2) is 4.98 Å². The molecule has 3 heteroatoms. The Morgan fingerprint density at radius 2 is 2.11 bits per heavy atom. The van der Waals surface area contributed by atoms with Gasteiger partial charge in [-0.15, -0.1) is 0 Å². The Kier molecular flexibility index (Phi) is 3.81. The number of aromatic nitrogens is 2. The molecule has 0 saturated heterocycles. The van der Waals surface area contributed by atoms with E-state index in [0.29, 0.717) is 0 Å². The summed E-state index contributed by atoms with van der Waals surface area (Å²) < 4.78 is 0. The van der Waals surface area contributed by atoms with E-state index < -0.39 is 0 Å². The fourth-order valence-corrected chi connectivity index (χ4v) is 2.57. The molecule has 3 nitrogen and oxygen atoms in total. The topological polar surface area (TPSA) is 40.7 Å². The molecule has 1 aromatic heterocycles. The molecule has 0 saturated carbocycles. The Morgan fingerprint density at radius 3 is 2.72 bits per heavy atom. The number of hydrogen-bond donors (Lipinski definition) is 2. The molecule has 1 unspecified atom stereocenters. The molecule has 0 fully saturated rings. The van der Waals surface area contributed by atoms with E-state index in [9.17, 15) is 0 Å². The second kappa shape index (κ2) is 5.04. The highest BCUT2D eigenvalue weighted by Crippen LogP contribution is 2.28. The lowest BCUT2D eigenvalue weighted by Crippen LogP contribution is -2.35. The summed E-state index contributed by atoms with van der Waals surface area (Å²) in [6.07, 6.45) is 3.61. The summed E-state index contributed by atoms with van der Waals surface area (Å²) in [6, 6.07) is 0. The summed E-state index contributed by atoms with van der Waals surface area (Å²) in [4.78, 5) is 8.25. The molecule has 1 aromatic rings. The molecule has 0 aromatic carbocycles. The van der Waals surface area contributed by atoms with E-state index in [1.165, 1.54) is 24.2 Å². The standard InChI is InChI=1S/C15H27N3/c1-10(2)11-6-7-12-13(8-11)18-14(17-12)9-16-15(3,4)5/h10-11,16H,6-9H2,1-5H3,(H,17,18). The quantitative estimate of drug-likeness (QED) is 0.864. The van der Waals surface area contributed by atoms with Gasteiger partial charge in [0.2, 0.25) is 0 Å². The zero-order valence-electron chi connectivity index (χ0n) is 12.4. The molecule has 102 valence electrons. The number of hydrogen-bond acceptors (Lipinski definition) is 2. The Balaban J connectivity index is 2.01. The lowest BCUT2D eigenvalue weighted by molar-refractivity contribution is 0.338. The van der Waals surface area contributed by atoms with Crippen LogP contribution in [0.1, 0.15) is 58.3 Å². The predicted molar refractivity (Wildman–Crippen MR) is 75.5 cm³/mol. The Labute approximate surface area is 111 Å². The molecule has 1 heterocycles. The fourth-order valence-electron chi connectivity index (χ4n) is 2.57. The number of fused-ring (bicyclic) bond motifs is 1. The second-order valence-corrected chi connectivity index (χ2v) is 6.96. The van der Waals surface area contributed by atoms with Crippen molar-refractivity contribution in [3.63, 3.8) is 0 Å². The van der Waals surface area contributed by atoms with Crippen LogP contribution < -0.4 is 5.32 Å². The second-order valence-electron chi connectivity index (χ2n) is 6.96. The third-order valence-electron chi connectivity index (χ3n) is 3.86. The monoisotopic (exact) mass is 249 g/mol. The SMILES string of the molecule is CC(C)C1CCc2nc(CNC(C)(C)C)[nH]c2C1. The van der Waals surface area contributed by atoms with Crippen molar-refractivity contribution < 1.29 is 0 Å². The van der Waals surface area contributed by atoms with Crippen LogP contribution in [0.5, 0.6) is 0 Å². The Bertz CT molecular complexity index is 398. The molecule has 0 spiro atoms. The summed E-state index contributed by atoms with van der Waals surface area (Å²) in [5.41, 5.74) is 2.83. The molecular weight excluding hydrogens is 222 g/mol. The number of nitrogens with zero attached hydrogens (tertiary/aromatic N) is 1. The minimum atomic E-state index is 0.147. The number of imidazole rings is 1. The maximum atomic E-state index is 4.73. The van der Waals surface area contributed by atoms with Gasteiger partial charge in [-0.3, -0.25) is 0 Å². The highest BCUT2D eigenvalue weighted by Gasteiger charge is 2.24. The zero-order chi connectivity index (χ0) is 13.3. The van der Waals surface area contributed by atoms with E-state index in [2.05, 4.69) is 44.9 Å². The molecule has 0 aliphatic heterocycles. The minimum Gasteiger partial charge on any atom is -0.345 e. The first-order valence-electron chi connectivity index (χ1n) is 7.17. The van der Waals surface area contributed by atoms with Crippen molar-refractivity contribution in [2.24, 2.45) is 11.8 Å². The van der Waals surface area contributed by atoms with Crippen molar-refractivity contribution in [1.82, 2.24) is 15.3 Å². The van der Waals surface area contributed by atoms with Crippen LogP contribution in [-0.2, 0) is 19.4 Å². The lowest BCUT2D eigenvalue weighted by atomic mass is 9.82. The largest absolute Gasteiger partial charge is 0.345 e. The fraction of sp³-hybridized carbons (Fsp3) is 0.800. The predicted octanol–water partition coefficient (Wildman–Crippen LogP) is 3.06. The van der Waals surface area contributed by atoms with Gasteiger partial charge in [-0.05, 0) is 51.9 Å². The highest BCUT2D eigenvalue weighted by molar-refractivity contribution is 5.19. The first kappa shape index (κ1) is 13.6. The van der Waals surface area contributed by atoms with E-state index >= 15 is 0 Å². The van der Waals surface area contributed by atoms with Gasteiger partial charge >= 0.3 is 0 Å². The summed E-state index contributed by atoms with van der Waals surface area (Å²) in [6.45, 7) is 12.0. The van der Waals surface area contributed by atoms with Crippen LogP contribution in [0.2, 0.25) is 0 Å². The van der Waals surface area contributed by atoms with E-state index in [1.807, 2.05) is 0 Å². The van der Waals surface area contributed by atoms with Gasteiger partial charge in [0.25, 0.3) is 0 Å². The normalized spacial score (nSPS) is 20.2. The van der Waals surface area contributed by atoms with E-state index in [0.717, 1.165) is 30.6 Å². The molecule has 1 aliphatic carbocycles. The van der Waals surface area contributed by atoms with Crippen molar-refractivity contribution in [1.29, 1.82) is 0 Å². The summed E-state index contributed by atoms with van der Waals surface area (Å²) in [5, 5.41) is 3.49. The van der Waals surface area contributed by atoms with Crippen molar-refractivity contribution in [2.45, 2.75) is 66.0 Å². The van der Waals surface area contributed by atoms with Crippen LogP contribution in [0.15, 0.2) is 0 Å². The molecule has 0 radical (unpaired) electrons. The maximum Gasteiger partial charge on any atom is 0.120 e. The molecule has 1 atom stereocenters. The van der Waals surface area contributed by atoms with Gasteiger partial charge in [-0.1, -0.05) is 13.8 Å². The van der Waals surface area contributed by atoms with Crippen molar-refractivity contribution in [3.8, 4) is 0 Å². The molecule has 0 amide bonds. The van der Waals surface area contributed by atoms with E-state index in [4.69, 9.17) is 4.98 Å². The van der Waals surface area contributed by atoms with Gasteiger partial charge in [0, 0.05) is 11.2 Å². The molecule has 2 N–H and O–H groups in total. The molecular formula is C15H27N3. The van der Waals surface area contributed by atoms with Gasteiger partial charge < -0.3 is 10.3 Å². The first-order valence-corrected chi connectivity index (χ1v) is 7.17. The Hall–Kier alpha value is -0.830. The molecule has 1 aliphatic rings. The maximum absolute atomic E-state index is 4.73. The zero-order valence-corrected chi connectivity index (χ0v) is 12.4. The molecule has 2 rings (SSSR count). The van der Waals surface area contributed by atoms with Crippen LogP contribution in [0, 0.1) is 11.8 Å². The molecule has 0 bridgehead atoms. The lowest BCUT2D eigenvalue weighted by Gasteiger charge is -2.24. The van der Waals surface area contributed by atoms with Crippen LogP contribution >= 0.6 is 0 Å². The van der Waals surface area contributed by atoms with E-state index in [-0.39, 0.29) is 5.54 Å². The Morgan fingerprint density at radius 1 is 1.39 bits per heavy atom. The summed E-state index contributed by atoms with van der Waals surface area (Å²) in [5.74, 6) is 2.69. The van der Waals surface area contributed by atoms with Gasteiger partial charge in [0.1, 0.15) is 5.82 Å². The summed E-state index contributed by atoms with van der Waals surface area (Å²) in [7, 11) is 0. The average molecular weight is 249 g/mol. The van der Waals surface area contributed by atoms with Crippen molar-refractivity contribution in [3.05, 3.63) is 17.2 Å². The van der Waals surface area contributed by atoms with Gasteiger partial charge in [0.05, 0.1) is 12.2 Å². The minimum absolute atomic E-state index is 0.147. The van der Waals surface area contributed by atoms with Gasteiger partial charge in [0.15, 0.2) is 0 Å². The number of aromatic amines is 1. The number of H-pyrrole nitrogens is 1. The van der Waals surface area contributed by atoms with Crippen LogP contribution in [0.25, 0.3) is 0 Å². The van der Waals surface area contributed by atoms with Crippen molar-refractivity contribution in [2.75, 3.05) is 0 Å². The van der Waals surface area contributed by atoms with Crippen LogP contribution in [0.4, 0.5) is 0 Å². The van der Waals surface area contributed by atoms with Crippen LogP contribution in [-0.4, -0.2) is 15.5 Å². The third kappa shape index (κ3) is 3.35. The van der Waals surface area contributed by atoms with E-state index in [1.54, 1.807) is 0 Å². The smallest absolute Gasteiger partial charge is 0.120 e. The third-order valence-corrected chi connectivity index (χ3v) is 3.86. The number of nitrogens with one attached hydrogen (secondary N) is 2.